The molecule has 1 aliphatic rings. The maximum atomic E-state index is 13.1. The van der Waals surface area contributed by atoms with Gasteiger partial charge in [-0.15, -0.1) is 0 Å². The highest BCUT2D eigenvalue weighted by molar-refractivity contribution is 5.96. The Hall–Kier alpha value is -3.54. The van der Waals surface area contributed by atoms with E-state index in [4.69, 9.17) is 9.15 Å². The Morgan fingerprint density at radius 2 is 1.83 bits per heavy atom. The van der Waals surface area contributed by atoms with E-state index in [9.17, 15) is 9.59 Å². The lowest BCUT2D eigenvalue weighted by molar-refractivity contribution is -0.126. The van der Waals surface area contributed by atoms with Gasteiger partial charge in [0.15, 0.2) is 5.76 Å². The van der Waals surface area contributed by atoms with Crippen molar-refractivity contribution in [2.24, 2.45) is 0 Å². The highest BCUT2D eigenvalue weighted by Gasteiger charge is 2.35. The summed E-state index contributed by atoms with van der Waals surface area (Å²) >= 11 is 0. The van der Waals surface area contributed by atoms with Crippen LogP contribution in [-0.4, -0.2) is 36.4 Å². The number of fused-ring (bicyclic) bond motifs is 1. The molecular weight excluding hydrogens is 380 g/mol. The van der Waals surface area contributed by atoms with Gasteiger partial charge in [0.1, 0.15) is 11.8 Å². The Kier molecular flexibility index (Phi) is 5.84. The predicted molar refractivity (Wildman–Crippen MR) is 112 cm³/mol. The van der Waals surface area contributed by atoms with Gasteiger partial charge >= 0.3 is 0 Å². The van der Waals surface area contributed by atoms with Crippen molar-refractivity contribution in [3.05, 3.63) is 89.4 Å². The highest BCUT2D eigenvalue weighted by atomic mass is 16.5. The Morgan fingerprint density at radius 1 is 1.07 bits per heavy atom. The average molecular weight is 404 g/mol. The molecule has 2 heterocycles. The zero-order chi connectivity index (χ0) is 20.9. The van der Waals surface area contributed by atoms with Crippen LogP contribution < -0.4 is 10.1 Å². The molecule has 0 spiro atoms. The Bertz CT molecular complexity index is 1030. The molecule has 3 aromatic rings. The molecule has 0 saturated heterocycles. The van der Waals surface area contributed by atoms with Crippen LogP contribution in [0.4, 0.5) is 0 Å². The van der Waals surface area contributed by atoms with Gasteiger partial charge in [0.2, 0.25) is 5.91 Å². The summed E-state index contributed by atoms with van der Waals surface area (Å²) in [6.07, 6.45) is 2.59. The maximum absolute atomic E-state index is 13.1. The van der Waals surface area contributed by atoms with Crippen molar-refractivity contribution in [1.82, 2.24) is 10.2 Å². The smallest absolute Gasteiger partial charge is 0.290 e. The van der Waals surface area contributed by atoms with Crippen molar-refractivity contribution >= 4 is 11.8 Å². The minimum atomic E-state index is -0.588. The second-order valence-corrected chi connectivity index (χ2v) is 7.25. The van der Waals surface area contributed by atoms with Gasteiger partial charge in [-0.25, -0.2) is 0 Å². The van der Waals surface area contributed by atoms with E-state index in [1.165, 1.54) is 6.26 Å². The first-order valence-corrected chi connectivity index (χ1v) is 9.98. The van der Waals surface area contributed by atoms with E-state index in [0.717, 1.165) is 22.4 Å². The largest absolute Gasteiger partial charge is 0.496 e. The fraction of sp³-hybridized carbons (Fsp3) is 0.250. The molecule has 2 amide bonds. The van der Waals surface area contributed by atoms with Crippen LogP contribution in [-0.2, 0) is 24.2 Å². The monoisotopic (exact) mass is 404 g/mol. The van der Waals surface area contributed by atoms with Crippen LogP contribution in [0.3, 0.4) is 0 Å². The molecule has 0 bridgehead atoms. The number of methoxy groups -OCH3 is 1. The molecule has 6 heteroatoms. The summed E-state index contributed by atoms with van der Waals surface area (Å²) in [7, 11) is 1.63. The van der Waals surface area contributed by atoms with Gasteiger partial charge < -0.3 is 19.4 Å². The van der Waals surface area contributed by atoms with Crippen molar-refractivity contribution in [3.8, 4) is 5.75 Å². The molecule has 1 aliphatic heterocycles. The normalized spacial score (nSPS) is 15.4. The second-order valence-electron chi connectivity index (χ2n) is 7.25. The van der Waals surface area contributed by atoms with Crippen LogP contribution in [0.15, 0.2) is 71.3 Å². The number of amides is 2. The molecule has 154 valence electrons. The molecule has 1 N–H and O–H groups in total. The van der Waals surface area contributed by atoms with Gasteiger partial charge in [-0.1, -0.05) is 42.5 Å². The van der Waals surface area contributed by atoms with Crippen LogP contribution in [0, 0.1) is 0 Å². The summed E-state index contributed by atoms with van der Waals surface area (Å²) in [6, 6.07) is 18.4. The molecular formula is C24H24N2O4. The number of benzene rings is 2. The van der Waals surface area contributed by atoms with Crippen LogP contribution in [0.25, 0.3) is 0 Å². The third kappa shape index (κ3) is 4.08. The number of rotatable bonds is 6. The quantitative estimate of drug-likeness (QED) is 0.685. The van der Waals surface area contributed by atoms with Gasteiger partial charge in [-0.05, 0) is 41.3 Å². The molecule has 1 unspecified atom stereocenters. The van der Waals surface area contributed by atoms with E-state index in [1.54, 1.807) is 24.1 Å². The van der Waals surface area contributed by atoms with E-state index < -0.39 is 6.04 Å². The van der Waals surface area contributed by atoms with E-state index in [0.29, 0.717) is 25.9 Å². The third-order valence-corrected chi connectivity index (χ3v) is 5.43. The van der Waals surface area contributed by atoms with E-state index in [2.05, 4.69) is 5.32 Å². The SMILES string of the molecule is COc1ccccc1CCNC(=O)C1Cc2ccccc2CN1C(=O)c1ccco1. The first kappa shape index (κ1) is 19.8. The summed E-state index contributed by atoms with van der Waals surface area (Å²) in [5.41, 5.74) is 3.17. The van der Waals surface area contributed by atoms with Crippen LogP contribution in [0.2, 0.25) is 0 Å². The van der Waals surface area contributed by atoms with Crippen molar-refractivity contribution in [3.63, 3.8) is 0 Å². The van der Waals surface area contributed by atoms with Gasteiger partial charge in [-0.2, -0.15) is 0 Å². The van der Waals surface area contributed by atoms with Gasteiger partial charge in [-0.3, -0.25) is 9.59 Å². The Labute approximate surface area is 175 Å². The molecule has 1 aromatic heterocycles. The maximum Gasteiger partial charge on any atom is 0.290 e. The molecule has 1 atom stereocenters. The van der Waals surface area contributed by atoms with Gasteiger partial charge in [0.05, 0.1) is 13.4 Å². The number of carbonyl (C=O) groups is 2. The minimum Gasteiger partial charge on any atom is -0.496 e. The molecule has 0 saturated carbocycles. The molecule has 6 nitrogen and oxygen atoms in total. The first-order valence-electron chi connectivity index (χ1n) is 9.98. The van der Waals surface area contributed by atoms with Crippen molar-refractivity contribution in [2.45, 2.75) is 25.4 Å². The average Bonchev–Trinajstić information content (AvgIpc) is 3.33. The van der Waals surface area contributed by atoms with E-state index in [-0.39, 0.29) is 17.6 Å². The summed E-state index contributed by atoms with van der Waals surface area (Å²) in [6.45, 7) is 0.834. The molecule has 30 heavy (non-hydrogen) atoms. The predicted octanol–water partition coefficient (Wildman–Crippen LogP) is 3.21. The lowest BCUT2D eigenvalue weighted by Gasteiger charge is -2.35. The van der Waals surface area contributed by atoms with Crippen LogP contribution in [0.1, 0.15) is 27.2 Å². The van der Waals surface area contributed by atoms with Gasteiger partial charge in [0, 0.05) is 19.5 Å². The standard InChI is InChI=1S/C24H24N2O4/c1-29-21-10-5-4-7-17(21)12-13-25-23(27)20-15-18-8-2-3-9-19(18)16-26(20)24(28)22-11-6-14-30-22/h2-11,14,20H,12-13,15-16H2,1H3,(H,25,27). The van der Waals surface area contributed by atoms with E-state index in [1.807, 2.05) is 48.5 Å². The summed E-state index contributed by atoms with van der Waals surface area (Å²) in [4.78, 5) is 27.7. The van der Waals surface area contributed by atoms with Gasteiger partial charge in [0.25, 0.3) is 5.91 Å². The fourth-order valence-electron chi connectivity index (χ4n) is 3.86. The highest BCUT2D eigenvalue weighted by Crippen LogP contribution is 2.25. The van der Waals surface area contributed by atoms with E-state index >= 15 is 0 Å². The number of hydrogen-bond acceptors (Lipinski definition) is 4. The molecule has 0 fully saturated rings. The molecule has 2 aromatic carbocycles. The number of nitrogens with zero attached hydrogens (tertiary/aromatic N) is 1. The summed E-state index contributed by atoms with van der Waals surface area (Å²) in [5.74, 6) is 0.591. The topological polar surface area (TPSA) is 71.8 Å². The number of para-hydroxylation sites is 1. The Morgan fingerprint density at radius 3 is 2.60 bits per heavy atom. The summed E-state index contributed by atoms with van der Waals surface area (Å²) in [5, 5.41) is 2.99. The van der Waals surface area contributed by atoms with Crippen LogP contribution >= 0.6 is 0 Å². The fourth-order valence-corrected chi connectivity index (χ4v) is 3.86. The van der Waals surface area contributed by atoms with Crippen molar-refractivity contribution in [2.75, 3.05) is 13.7 Å². The summed E-state index contributed by atoms with van der Waals surface area (Å²) < 4.78 is 10.7. The number of ether oxygens (including phenoxy) is 1. The first-order chi connectivity index (χ1) is 14.7. The number of nitrogens with one attached hydrogen (secondary N) is 1. The third-order valence-electron chi connectivity index (χ3n) is 5.43. The molecule has 0 aliphatic carbocycles. The number of hydrogen-bond donors (Lipinski definition) is 1. The zero-order valence-electron chi connectivity index (χ0n) is 16.8. The number of furan rings is 1. The van der Waals surface area contributed by atoms with Crippen molar-refractivity contribution in [1.29, 1.82) is 0 Å². The van der Waals surface area contributed by atoms with Crippen molar-refractivity contribution < 1.29 is 18.7 Å². The lowest BCUT2D eigenvalue weighted by atomic mass is 9.93. The molecule has 0 radical (unpaired) electrons. The zero-order valence-corrected chi connectivity index (χ0v) is 16.8. The molecule has 4 rings (SSSR count). The Balaban J connectivity index is 1.49. The second kappa shape index (κ2) is 8.86. The number of carbonyl (C=O) groups excluding carboxylic acids is 2. The minimum absolute atomic E-state index is 0.167. The van der Waals surface area contributed by atoms with Crippen LogP contribution in [0.5, 0.6) is 5.75 Å². The lowest BCUT2D eigenvalue weighted by Crippen LogP contribution is -2.52.